The predicted octanol–water partition coefficient (Wildman–Crippen LogP) is 2.96. The smallest absolute Gasteiger partial charge is 0.256 e. The van der Waals surface area contributed by atoms with Gasteiger partial charge in [-0.15, -0.1) is 5.10 Å². The van der Waals surface area contributed by atoms with E-state index in [2.05, 4.69) is 32.3 Å². The lowest BCUT2D eigenvalue weighted by Gasteiger charge is -2.05. The van der Waals surface area contributed by atoms with E-state index in [1.54, 1.807) is 35.0 Å². The molecule has 142 valence electrons. The van der Waals surface area contributed by atoms with Crippen LogP contribution in [0.15, 0.2) is 49.1 Å². The Bertz CT molecular complexity index is 1030. The maximum Gasteiger partial charge on any atom is 0.256 e. The molecule has 0 unspecified atom stereocenters. The Kier molecular flexibility index (Phi) is 5.30. The molecule has 0 spiro atoms. The number of carbonyl (C=O) groups excluding carboxylic acids is 2. The lowest BCUT2D eigenvalue weighted by Crippen LogP contribution is -2.13. The van der Waals surface area contributed by atoms with E-state index in [-0.39, 0.29) is 11.8 Å². The highest BCUT2D eigenvalue weighted by Crippen LogP contribution is 2.15. The maximum absolute atomic E-state index is 12.5. The molecule has 0 aliphatic carbocycles. The topological polar surface area (TPSA) is 102 Å². The molecule has 2 heterocycles. The first-order valence-corrected chi connectivity index (χ1v) is 8.60. The number of carbonyl (C=O) groups is 2. The first kappa shape index (κ1) is 19.0. The minimum absolute atomic E-state index is 0.312. The van der Waals surface area contributed by atoms with Gasteiger partial charge in [-0.25, -0.2) is 14.6 Å². The van der Waals surface area contributed by atoms with Gasteiger partial charge in [0.05, 0.1) is 0 Å². The third-order valence-corrected chi connectivity index (χ3v) is 3.89. The van der Waals surface area contributed by atoms with Crippen molar-refractivity contribution < 1.29 is 9.59 Å². The fraction of sp³-hybridized carbons (Fsp3) is 0.150. The summed E-state index contributed by atoms with van der Waals surface area (Å²) in [6, 6.07) is 10.1. The molecule has 28 heavy (non-hydrogen) atoms. The fourth-order valence-corrected chi connectivity index (χ4v) is 2.63. The summed E-state index contributed by atoms with van der Waals surface area (Å²) in [6.07, 6.45) is 1.18. The predicted molar refractivity (Wildman–Crippen MR) is 107 cm³/mol. The molecule has 2 aromatic heterocycles. The molecule has 0 radical (unpaired) electrons. The maximum atomic E-state index is 12.5. The second-order valence-corrected chi connectivity index (χ2v) is 6.26. The second-order valence-electron chi connectivity index (χ2n) is 6.26. The number of aryl methyl sites for hydroxylation is 3. The van der Waals surface area contributed by atoms with Crippen LogP contribution in [0.5, 0.6) is 0 Å². The Hall–Kier alpha value is -3.81. The lowest BCUT2D eigenvalue weighted by molar-refractivity contribution is -0.111. The quantitative estimate of drug-likeness (QED) is 0.667. The summed E-state index contributed by atoms with van der Waals surface area (Å²) in [6.45, 7) is 9.04. The average Bonchev–Trinajstić information content (AvgIpc) is 3.01. The van der Waals surface area contributed by atoms with Crippen molar-refractivity contribution >= 4 is 23.3 Å². The second kappa shape index (κ2) is 7.83. The van der Waals surface area contributed by atoms with Crippen molar-refractivity contribution in [3.05, 3.63) is 71.7 Å². The van der Waals surface area contributed by atoms with Gasteiger partial charge in [-0.05, 0) is 57.2 Å². The number of hydrogen-bond donors (Lipinski definition) is 2. The van der Waals surface area contributed by atoms with Gasteiger partial charge >= 0.3 is 0 Å². The van der Waals surface area contributed by atoms with Gasteiger partial charge in [0.2, 0.25) is 5.91 Å². The van der Waals surface area contributed by atoms with Gasteiger partial charge in [0, 0.05) is 34.4 Å². The van der Waals surface area contributed by atoms with Crippen LogP contribution >= 0.6 is 0 Å². The SMILES string of the molecule is C=CC(=O)Nc1ccc(C(=O)Nc2cc(C)n(-c3nc(C)cc(C)n3)n2)cc1. The number of rotatable bonds is 5. The van der Waals surface area contributed by atoms with Crippen LogP contribution in [0.2, 0.25) is 0 Å². The summed E-state index contributed by atoms with van der Waals surface area (Å²) in [4.78, 5) is 32.6. The summed E-state index contributed by atoms with van der Waals surface area (Å²) in [5, 5.41) is 9.77. The van der Waals surface area contributed by atoms with Gasteiger partial charge in [-0.3, -0.25) is 9.59 Å². The van der Waals surface area contributed by atoms with E-state index in [9.17, 15) is 9.59 Å². The fourth-order valence-electron chi connectivity index (χ4n) is 2.63. The van der Waals surface area contributed by atoms with Crippen LogP contribution in [0.1, 0.15) is 27.4 Å². The zero-order valence-electron chi connectivity index (χ0n) is 15.9. The van der Waals surface area contributed by atoms with E-state index in [1.165, 1.54) is 6.08 Å². The van der Waals surface area contributed by atoms with E-state index < -0.39 is 0 Å². The number of nitrogens with one attached hydrogen (secondary N) is 2. The van der Waals surface area contributed by atoms with E-state index in [4.69, 9.17) is 0 Å². The van der Waals surface area contributed by atoms with Crippen LogP contribution < -0.4 is 10.6 Å². The van der Waals surface area contributed by atoms with Gasteiger partial charge in [0.25, 0.3) is 11.9 Å². The molecule has 0 saturated carbocycles. The number of aromatic nitrogens is 4. The van der Waals surface area contributed by atoms with Crippen LogP contribution in [0.25, 0.3) is 5.95 Å². The molecule has 8 heteroatoms. The Labute approximate surface area is 162 Å². The largest absolute Gasteiger partial charge is 0.323 e. The van der Waals surface area contributed by atoms with E-state index in [0.29, 0.717) is 23.0 Å². The molecule has 0 bridgehead atoms. The van der Waals surface area contributed by atoms with Crippen LogP contribution in [-0.2, 0) is 4.79 Å². The normalized spacial score (nSPS) is 10.4. The Morgan fingerprint density at radius 2 is 1.64 bits per heavy atom. The van der Waals surface area contributed by atoms with E-state index in [0.717, 1.165) is 17.1 Å². The molecule has 0 aliphatic rings. The average molecular weight is 376 g/mol. The number of benzene rings is 1. The third-order valence-electron chi connectivity index (χ3n) is 3.89. The van der Waals surface area contributed by atoms with Crippen LogP contribution in [0, 0.1) is 20.8 Å². The molecular formula is C20H20N6O2. The Morgan fingerprint density at radius 1 is 1.00 bits per heavy atom. The molecule has 3 rings (SSSR count). The lowest BCUT2D eigenvalue weighted by atomic mass is 10.2. The van der Waals surface area contributed by atoms with Gasteiger partial charge in [-0.2, -0.15) is 0 Å². The highest BCUT2D eigenvalue weighted by Gasteiger charge is 2.13. The van der Waals surface area contributed by atoms with Gasteiger partial charge in [0.15, 0.2) is 5.82 Å². The summed E-state index contributed by atoms with van der Waals surface area (Å²) < 4.78 is 1.59. The minimum atomic E-state index is -0.313. The van der Waals surface area contributed by atoms with Crippen molar-refractivity contribution in [1.82, 2.24) is 19.7 Å². The van der Waals surface area contributed by atoms with Crippen LogP contribution in [0.3, 0.4) is 0 Å². The zero-order valence-corrected chi connectivity index (χ0v) is 15.9. The van der Waals surface area contributed by atoms with Gasteiger partial charge in [0.1, 0.15) is 0 Å². The molecular weight excluding hydrogens is 356 g/mol. The van der Waals surface area contributed by atoms with Crippen LogP contribution in [0.4, 0.5) is 11.5 Å². The van der Waals surface area contributed by atoms with Crippen molar-refractivity contribution in [3.8, 4) is 5.95 Å². The van der Waals surface area contributed by atoms with Gasteiger partial charge < -0.3 is 10.6 Å². The first-order chi connectivity index (χ1) is 13.4. The third kappa shape index (κ3) is 4.29. The standard InChI is InChI=1S/C20H20N6O2/c1-5-18(27)23-16-8-6-15(7-9-16)19(28)24-17-11-14(4)26(25-17)20-21-12(2)10-13(3)22-20/h5-11H,1H2,2-4H3,(H,23,27)(H,24,25,28). The van der Waals surface area contributed by atoms with Crippen molar-refractivity contribution in [2.75, 3.05) is 10.6 Å². The molecule has 2 amide bonds. The monoisotopic (exact) mass is 376 g/mol. The Balaban J connectivity index is 1.76. The molecule has 0 saturated heterocycles. The summed E-state index contributed by atoms with van der Waals surface area (Å²) in [5.74, 6) is 0.228. The summed E-state index contributed by atoms with van der Waals surface area (Å²) in [7, 11) is 0. The number of amides is 2. The first-order valence-electron chi connectivity index (χ1n) is 8.60. The Morgan fingerprint density at radius 3 is 2.25 bits per heavy atom. The number of anilines is 2. The van der Waals surface area contributed by atoms with Crippen molar-refractivity contribution in [2.45, 2.75) is 20.8 Å². The zero-order chi connectivity index (χ0) is 20.3. The number of nitrogens with zero attached hydrogens (tertiary/aromatic N) is 4. The summed E-state index contributed by atoms with van der Waals surface area (Å²) >= 11 is 0. The van der Waals surface area contributed by atoms with E-state index >= 15 is 0 Å². The molecule has 8 nitrogen and oxygen atoms in total. The van der Waals surface area contributed by atoms with Crippen molar-refractivity contribution in [3.63, 3.8) is 0 Å². The number of hydrogen-bond acceptors (Lipinski definition) is 5. The summed E-state index contributed by atoms with van der Waals surface area (Å²) in [5.41, 5.74) is 3.49. The van der Waals surface area contributed by atoms with Crippen molar-refractivity contribution in [2.24, 2.45) is 0 Å². The van der Waals surface area contributed by atoms with Crippen molar-refractivity contribution in [1.29, 1.82) is 0 Å². The van der Waals surface area contributed by atoms with Gasteiger partial charge in [-0.1, -0.05) is 6.58 Å². The minimum Gasteiger partial charge on any atom is -0.323 e. The van der Waals surface area contributed by atoms with Crippen LogP contribution in [-0.4, -0.2) is 31.6 Å². The highest BCUT2D eigenvalue weighted by molar-refractivity contribution is 6.04. The molecule has 1 aromatic carbocycles. The highest BCUT2D eigenvalue weighted by atomic mass is 16.2. The van der Waals surface area contributed by atoms with E-state index in [1.807, 2.05) is 26.8 Å². The molecule has 0 fully saturated rings. The molecule has 0 atom stereocenters. The molecule has 2 N–H and O–H groups in total. The molecule has 3 aromatic rings. The molecule has 0 aliphatic heterocycles.